The number of piperazine rings is 1. The van der Waals surface area contributed by atoms with Crippen molar-refractivity contribution in [3.8, 4) is 5.75 Å². The molecule has 0 bridgehead atoms. The predicted molar refractivity (Wildman–Crippen MR) is 112 cm³/mol. The van der Waals surface area contributed by atoms with Crippen LogP contribution in [0.5, 0.6) is 5.75 Å². The SMILES string of the molecule is CCOc1ccc(NC(=O)N2CCN(c3cccc4cccnc34)CC2)cc1. The Morgan fingerprint density at radius 2 is 1.79 bits per heavy atom. The van der Waals surface area contributed by atoms with Crippen LogP contribution in [0.2, 0.25) is 0 Å². The molecule has 4 rings (SSSR count). The van der Waals surface area contributed by atoms with E-state index in [0.717, 1.165) is 41.1 Å². The van der Waals surface area contributed by atoms with Crippen molar-refractivity contribution in [2.24, 2.45) is 0 Å². The summed E-state index contributed by atoms with van der Waals surface area (Å²) in [5.74, 6) is 0.804. The summed E-state index contributed by atoms with van der Waals surface area (Å²) in [5, 5.41) is 4.10. The number of nitrogens with zero attached hydrogens (tertiary/aromatic N) is 3. The van der Waals surface area contributed by atoms with E-state index >= 15 is 0 Å². The van der Waals surface area contributed by atoms with Crippen LogP contribution in [-0.2, 0) is 0 Å². The number of urea groups is 1. The largest absolute Gasteiger partial charge is 0.494 e. The number of anilines is 2. The van der Waals surface area contributed by atoms with E-state index in [1.54, 1.807) is 0 Å². The Hall–Kier alpha value is -3.28. The van der Waals surface area contributed by atoms with Crippen LogP contribution in [0.25, 0.3) is 10.9 Å². The zero-order valence-corrected chi connectivity index (χ0v) is 16.0. The molecule has 0 aliphatic carbocycles. The third kappa shape index (κ3) is 3.86. The standard InChI is InChI=1S/C22H24N4O2/c1-2-28-19-10-8-18(9-11-19)24-22(27)26-15-13-25(14-16-26)20-7-3-5-17-6-4-12-23-21(17)20/h3-12H,2,13-16H2,1H3,(H,24,27). The van der Waals surface area contributed by atoms with Gasteiger partial charge in [-0.15, -0.1) is 0 Å². The Kier molecular flexibility index (Phi) is 5.28. The highest BCUT2D eigenvalue weighted by atomic mass is 16.5. The summed E-state index contributed by atoms with van der Waals surface area (Å²) in [4.78, 5) is 21.3. The van der Waals surface area contributed by atoms with E-state index in [2.05, 4.69) is 39.5 Å². The number of para-hydroxylation sites is 1. The lowest BCUT2D eigenvalue weighted by Crippen LogP contribution is -2.50. The molecule has 3 aromatic rings. The molecular formula is C22H24N4O2. The van der Waals surface area contributed by atoms with Gasteiger partial charge in [0.05, 0.1) is 17.8 Å². The van der Waals surface area contributed by atoms with Crippen molar-refractivity contribution in [2.45, 2.75) is 6.92 Å². The van der Waals surface area contributed by atoms with Gasteiger partial charge < -0.3 is 19.9 Å². The molecular weight excluding hydrogens is 352 g/mol. The van der Waals surface area contributed by atoms with Crippen molar-refractivity contribution in [1.29, 1.82) is 0 Å². The maximum atomic E-state index is 12.6. The van der Waals surface area contributed by atoms with Crippen molar-refractivity contribution in [3.05, 3.63) is 60.8 Å². The zero-order chi connectivity index (χ0) is 19.3. The number of carbonyl (C=O) groups excluding carboxylic acids is 1. The van der Waals surface area contributed by atoms with Gasteiger partial charge in [0.1, 0.15) is 5.75 Å². The van der Waals surface area contributed by atoms with Crippen LogP contribution in [0, 0.1) is 0 Å². The third-order valence-corrected chi connectivity index (χ3v) is 4.94. The lowest BCUT2D eigenvalue weighted by molar-refractivity contribution is 0.208. The highest BCUT2D eigenvalue weighted by molar-refractivity contribution is 5.91. The quantitative estimate of drug-likeness (QED) is 0.748. The molecule has 2 aromatic carbocycles. The second-order valence-electron chi connectivity index (χ2n) is 6.71. The fourth-order valence-corrected chi connectivity index (χ4v) is 3.50. The Morgan fingerprint density at radius 1 is 1.04 bits per heavy atom. The summed E-state index contributed by atoms with van der Waals surface area (Å²) < 4.78 is 5.43. The number of ether oxygens (including phenoxy) is 1. The van der Waals surface area contributed by atoms with Gasteiger partial charge in [0.15, 0.2) is 0 Å². The number of hydrogen-bond acceptors (Lipinski definition) is 4. The topological polar surface area (TPSA) is 57.7 Å². The van der Waals surface area contributed by atoms with Crippen molar-refractivity contribution in [2.75, 3.05) is 43.0 Å². The minimum Gasteiger partial charge on any atom is -0.494 e. The molecule has 1 saturated heterocycles. The number of rotatable bonds is 4. The van der Waals surface area contributed by atoms with E-state index in [1.165, 1.54) is 0 Å². The minimum absolute atomic E-state index is 0.0696. The highest BCUT2D eigenvalue weighted by Crippen LogP contribution is 2.26. The second-order valence-corrected chi connectivity index (χ2v) is 6.71. The Balaban J connectivity index is 1.37. The van der Waals surface area contributed by atoms with Gasteiger partial charge >= 0.3 is 6.03 Å². The number of aromatic nitrogens is 1. The van der Waals surface area contributed by atoms with Gasteiger partial charge in [-0.2, -0.15) is 0 Å². The molecule has 0 atom stereocenters. The average Bonchev–Trinajstić information content (AvgIpc) is 2.75. The molecule has 2 amide bonds. The van der Waals surface area contributed by atoms with E-state index in [0.29, 0.717) is 19.7 Å². The van der Waals surface area contributed by atoms with Gasteiger partial charge in [0, 0.05) is 43.4 Å². The number of fused-ring (bicyclic) bond motifs is 1. The van der Waals surface area contributed by atoms with Crippen LogP contribution >= 0.6 is 0 Å². The van der Waals surface area contributed by atoms with Gasteiger partial charge in [0.2, 0.25) is 0 Å². The second kappa shape index (κ2) is 8.17. The summed E-state index contributed by atoms with van der Waals surface area (Å²) in [5.41, 5.74) is 2.91. The summed E-state index contributed by atoms with van der Waals surface area (Å²) in [7, 11) is 0. The van der Waals surface area contributed by atoms with Crippen LogP contribution < -0.4 is 15.0 Å². The zero-order valence-electron chi connectivity index (χ0n) is 16.0. The van der Waals surface area contributed by atoms with E-state index in [1.807, 2.05) is 48.4 Å². The normalized spacial score (nSPS) is 14.2. The average molecular weight is 376 g/mol. The van der Waals surface area contributed by atoms with Crippen molar-refractivity contribution in [3.63, 3.8) is 0 Å². The number of nitrogens with one attached hydrogen (secondary N) is 1. The lowest BCUT2D eigenvalue weighted by atomic mass is 10.1. The van der Waals surface area contributed by atoms with Crippen LogP contribution in [0.1, 0.15) is 6.92 Å². The van der Waals surface area contributed by atoms with E-state index in [-0.39, 0.29) is 6.03 Å². The summed E-state index contributed by atoms with van der Waals surface area (Å²) in [6.45, 7) is 5.49. The first-order chi connectivity index (χ1) is 13.7. The van der Waals surface area contributed by atoms with Gasteiger partial charge in [-0.3, -0.25) is 4.98 Å². The molecule has 6 nitrogen and oxygen atoms in total. The molecule has 2 heterocycles. The van der Waals surface area contributed by atoms with Crippen molar-refractivity contribution < 1.29 is 9.53 Å². The van der Waals surface area contributed by atoms with E-state index in [9.17, 15) is 4.79 Å². The summed E-state index contributed by atoms with van der Waals surface area (Å²) in [6, 6.07) is 17.7. The predicted octanol–water partition coefficient (Wildman–Crippen LogP) is 3.99. The molecule has 28 heavy (non-hydrogen) atoms. The molecule has 0 unspecified atom stereocenters. The maximum absolute atomic E-state index is 12.6. The van der Waals surface area contributed by atoms with Gasteiger partial charge in [-0.25, -0.2) is 4.79 Å². The molecule has 144 valence electrons. The van der Waals surface area contributed by atoms with Crippen LogP contribution in [0.3, 0.4) is 0 Å². The third-order valence-electron chi connectivity index (χ3n) is 4.94. The van der Waals surface area contributed by atoms with Crippen molar-refractivity contribution in [1.82, 2.24) is 9.88 Å². The van der Waals surface area contributed by atoms with Gasteiger partial charge in [-0.1, -0.05) is 18.2 Å². The van der Waals surface area contributed by atoms with Crippen LogP contribution in [-0.4, -0.2) is 48.7 Å². The smallest absolute Gasteiger partial charge is 0.321 e. The highest BCUT2D eigenvalue weighted by Gasteiger charge is 2.22. The molecule has 6 heteroatoms. The molecule has 1 aliphatic heterocycles. The van der Waals surface area contributed by atoms with Gasteiger partial charge in [-0.05, 0) is 43.3 Å². The van der Waals surface area contributed by atoms with Crippen LogP contribution in [0.15, 0.2) is 60.8 Å². The molecule has 1 fully saturated rings. The molecule has 1 N–H and O–H groups in total. The maximum Gasteiger partial charge on any atom is 0.321 e. The number of carbonyl (C=O) groups is 1. The molecule has 0 radical (unpaired) electrons. The molecule has 0 saturated carbocycles. The molecule has 1 aliphatic rings. The summed E-state index contributed by atoms with van der Waals surface area (Å²) >= 11 is 0. The summed E-state index contributed by atoms with van der Waals surface area (Å²) in [6.07, 6.45) is 1.83. The molecule has 0 spiro atoms. The monoisotopic (exact) mass is 376 g/mol. The molecule has 1 aromatic heterocycles. The van der Waals surface area contributed by atoms with E-state index in [4.69, 9.17) is 4.74 Å². The number of hydrogen-bond donors (Lipinski definition) is 1. The Morgan fingerprint density at radius 3 is 2.54 bits per heavy atom. The fraction of sp³-hybridized carbons (Fsp3) is 0.273. The minimum atomic E-state index is -0.0696. The fourth-order valence-electron chi connectivity index (χ4n) is 3.50. The number of benzene rings is 2. The first-order valence-corrected chi connectivity index (χ1v) is 9.62. The first-order valence-electron chi connectivity index (χ1n) is 9.62. The Labute approximate surface area is 164 Å². The van der Waals surface area contributed by atoms with E-state index < -0.39 is 0 Å². The van der Waals surface area contributed by atoms with Crippen LogP contribution in [0.4, 0.5) is 16.2 Å². The van der Waals surface area contributed by atoms with Crippen molar-refractivity contribution >= 4 is 28.3 Å². The van der Waals surface area contributed by atoms with Gasteiger partial charge in [0.25, 0.3) is 0 Å². The Bertz CT molecular complexity index is 945. The first kappa shape index (κ1) is 18.1. The lowest BCUT2D eigenvalue weighted by Gasteiger charge is -2.36. The number of pyridine rings is 1. The number of amides is 2.